The average Bonchev–Trinajstić information content (AvgIpc) is 3.12. The quantitative estimate of drug-likeness (QED) is 0.508. The molecule has 3 aromatic rings. The van der Waals surface area contributed by atoms with Gasteiger partial charge in [0.1, 0.15) is 5.75 Å². The molecular formula is C20H19BrN4OS. The van der Waals surface area contributed by atoms with Crippen LogP contribution in [0.5, 0.6) is 5.75 Å². The van der Waals surface area contributed by atoms with Crippen LogP contribution in [0.15, 0.2) is 63.6 Å². The molecule has 1 aliphatic rings. The minimum absolute atomic E-state index is 0.746. The van der Waals surface area contributed by atoms with Crippen molar-refractivity contribution in [1.82, 2.24) is 14.9 Å². The first kappa shape index (κ1) is 18.1. The normalized spacial score (nSPS) is 12.9. The molecular weight excluding hydrogens is 424 g/mol. The molecule has 0 fully saturated rings. The SMILES string of the molecule is CCCCOc1ccc(-c2nnc3n2NC(c2ccc(Br)cc2)=CS3)cc1. The summed E-state index contributed by atoms with van der Waals surface area (Å²) >= 11 is 5.03. The Balaban J connectivity index is 1.54. The van der Waals surface area contributed by atoms with E-state index in [1.807, 2.05) is 41.1 Å². The minimum Gasteiger partial charge on any atom is -0.494 e. The van der Waals surface area contributed by atoms with Gasteiger partial charge in [0, 0.05) is 21.0 Å². The van der Waals surface area contributed by atoms with Crippen LogP contribution in [-0.2, 0) is 0 Å². The Hall–Kier alpha value is -2.25. The van der Waals surface area contributed by atoms with Gasteiger partial charge in [0.2, 0.25) is 5.16 Å². The molecule has 0 spiro atoms. The van der Waals surface area contributed by atoms with E-state index in [9.17, 15) is 0 Å². The van der Waals surface area contributed by atoms with Gasteiger partial charge in [-0.1, -0.05) is 53.2 Å². The van der Waals surface area contributed by atoms with Crippen LogP contribution < -0.4 is 10.2 Å². The smallest absolute Gasteiger partial charge is 0.214 e. The highest BCUT2D eigenvalue weighted by atomic mass is 79.9. The molecule has 2 aromatic carbocycles. The van der Waals surface area contributed by atoms with Crippen molar-refractivity contribution in [3.05, 3.63) is 64.0 Å². The average molecular weight is 443 g/mol. The van der Waals surface area contributed by atoms with Gasteiger partial charge in [-0.15, -0.1) is 10.2 Å². The van der Waals surface area contributed by atoms with Gasteiger partial charge in [0.05, 0.1) is 12.3 Å². The molecule has 7 heteroatoms. The summed E-state index contributed by atoms with van der Waals surface area (Å²) in [7, 11) is 0. The molecule has 1 aromatic heterocycles. The third-order valence-electron chi connectivity index (χ3n) is 4.18. The summed E-state index contributed by atoms with van der Waals surface area (Å²) in [4.78, 5) is 0. The van der Waals surface area contributed by atoms with Gasteiger partial charge in [-0.2, -0.15) is 0 Å². The van der Waals surface area contributed by atoms with Crippen LogP contribution in [0.3, 0.4) is 0 Å². The molecule has 5 nitrogen and oxygen atoms in total. The summed E-state index contributed by atoms with van der Waals surface area (Å²) in [6.07, 6.45) is 2.19. The molecule has 0 atom stereocenters. The Labute approximate surface area is 170 Å². The number of benzene rings is 2. The molecule has 0 saturated heterocycles. The van der Waals surface area contributed by atoms with Gasteiger partial charge < -0.3 is 4.74 Å². The van der Waals surface area contributed by atoms with Crippen LogP contribution in [0.25, 0.3) is 17.1 Å². The summed E-state index contributed by atoms with van der Waals surface area (Å²) in [5.41, 5.74) is 6.53. The van der Waals surface area contributed by atoms with Crippen molar-refractivity contribution in [3.8, 4) is 17.1 Å². The molecule has 4 rings (SSSR count). The minimum atomic E-state index is 0.746. The van der Waals surface area contributed by atoms with Gasteiger partial charge >= 0.3 is 0 Å². The topological polar surface area (TPSA) is 52.0 Å². The first-order valence-electron chi connectivity index (χ1n) is 8.83. The van der Waals surface area contributed by atoms with Crippen molar-refractivity contribution in [2.24, 2.45) is 0 Å². The fraction of sp³-hybridized carbons (Fsp3) is 0.200. The molecule has 1 N–H and O–H groups in total. The number of hydrogen-bond donors (Lipinski definition) is 1. The zero-order chi connectivity index (χ0) is 18.6. The number of thioether (sulfide) groups is 1. The zero-order valence-corrected chi connectivity index (χ0v) is 17.3. The molecule has 2 heterocycles. The highest BCUT2D eigenvalue weighted by Gasteiger charge is 2.19. The van der Waals surface area contributed by atoms with Crippen LogP contribution in [-0.4, -0.2) is 21.5 Å². The van der Waals surface area contributed by atoms with Crippen LogP contribution in [0.2, 0.25) is 0 Å². The molecule has 0 saturated carbocycles. The van der Waals surface area contributed by atoms with E-state index in [0.29, 0.717) is 0 Å². The van der Waals surface area contributed by atoms with Crippen molar-refractivity contribution < 1.29 is 4.74 Å². The van der Waals surface area contributed by atoms with Crippen molar-refractivity contribution in [3.63, 3.8) is 0 Å². The summed E-state index contributed by atoms with van der Waals surface area (Å²) in [6.45, 7) is 2.90. The maximum atomic E-state index is 5.74. The van der Waals surface area contributed by atoms with Crippen LogP contribution in [0.4, 0.5) is 0 Å². The summed E-state index contributed by atoms with van der Waals surface area (Å²) in [6, 6.07) is 16.2. The number of hydrogen-bond acceptors (Lipinski definition) is 5. The van der Waals surface area contributed by atoms with Gasteiger partial charge in [0.15, 0.2) is 5.82 Å². The maximum Gasteiger partial charge on any atom is 0.214 e. The van der Waals surface area contributed by atoms with Gasteiger partial charge in [-0.25, -0.2) is 4.68 Å². The highest BCUT2D eigenvalue weighted by Crippen LogP contribution is 2.32. The van der Waals surface area contributed by atoms with E-state index in [1.165, 1.54) is 0 Å². The van der Waals surface area contributed by atoms with Crippen molar-refractivity contribution >= 4 is 33.4 Å². The fourth-order valence-electron chi connectivity index (χ4n) is 2.69. The van der Waals surface area contributed by atoms with Crippen molar-refractivity contribution in [2.75, 3.05) is 12.0 Å². The van der Waals surface area contributed by atoms with E-state index in [4.69, 9.17) is 4.74 Å². The second-order valence-electron chi connectivity index (χ2n) is 6.14. The monoisotopic (exact) mass is 442 g/mol. The lowest BCUT2D eigenvalue weighted by Crippen LogP contribution is -2.18. The number of halogens is 1. The Morgan fingerprint density at radius 3 is 2.52 bits per heavy atom. The van der Waals surface area contributed by atoms with Gasteiger partial charge in [0.25, 0.3) is 0 Å². The molecule has 0 radical (unpaired) electrons. The largest absolute Gasteiger partial charge is 0.494 e. The number of aromatic nitrogens is 3. The first-order valence-corrected chi connectivity index (χ1v) is 10.5. The summed E-state index contributed by atoms with van der Waals surface area (Å²) < 4.78 is 8.72. The summed E-state index contributed by atoms with van der Waals surface area (Å²) in [5.74, 6) is 1.66. The number of nitrogens with zero attached hydrogens (tertiary/aromatic N) is 3. The molecule has 0 aliphatic carbocycles. The molecule has 0 unspecified atom stereocenters. The van der Waals surface area contributed by atoms with E-state index in [1.54, 1.807) is 11.8 Å². The van der Waals surface area contributed by atoms with E-state index in [2.05, 4.69) is 56.0 Å². The third-order valence-corrected chi connectivity index (χ3v) is 5.54. The Bertz CT molecular complexity index is 951. The predicted octanol–water partition coefficient (Wildman–Crippen LogP) is 5.53. The van der Waals surface area contributed by atoms with E-state index in [-0.39, 0.29) is 0 Å². The number of fused-ring (bicyclic) bond motifs is 1. The number of ether oxygens (including phenoxy) is 1. The van der Waals surface area contributed by atoms with E-state index >= 15 is 0 Å². The molecule has 0 bridgehead atoms. The zero-order valence-electron chi connectivity index (χ0n) is 14.9. The van der Waals surface area contributed by atoms with Crippen LogP contribution >= 0.6 is 27.7 Å². The molecule has 0 amide bonds. The van der Waals surface area contributed by atoms with Gasteiger partial charge in [-0.05, 0) is 42.8 Å². The number of rotatable bonds is 6. The van der Waals surface area contributed by atoms with Gasteiger partial charge in [-0.3, -0.25) is 5.43 Å². The Morgan fingerprint density at radius 2 is 1.78 bits per heavy atom. The molecule has 27 heavy (non-hydrogen) atoms. The van der Waals surface area contributed by atoms with E-state index in [0.717, 1.165) is 57.5 Å². The second kappa shape index (κ2) is 8.19. The lowest BCUT2D eigenvalue weighted by molar-refractivity contribution is 0.309. The highest BCUT2D eigenvalue weighted by molar-refractivity contribution is 9.10. The van der Waals surface area contributed by atoms with E-state index < -0.39 is 0 Å². The van der Waals surface area contributed by atoms with Crippen LogP contribution in [0.1, 0.15) is 25.3 Å². The number of nitrogens with one attached hydrogen (secondary N) is 1. The molecule has 1 aliphatic heterocycles. The lowest BCUT2D eigenvalue weighted by atomic mass is 10.2. The second-order valence-corrected chi connectivity index (χ2v) is 7.89. The molecule has 138 valence electrons. The summed E-state index contributed by atoms with van der Waals surface area (Å²) in [5, 5.41) is 11.5. The van der Waals surface area contributed by atoms with Crippen molar-refractivity contribution in [1.29, 1.82) is 0 Å². The van der Waals surface area contributed by atoms with Crippen molar-refractivity contribution in [2.45, 2.75) is 24.9 Å². The van der Waals surface area contributed by atoms with Crippen LogP contribution in [0, 0.1) is 0 Å². The Kier molecular flexibility index (Phi) is 5.50. The Morgan fingerprint density at radius 1 is 1.04 bits per heavy atom. The maximum absolute atomic E-state index is 5.74. The first-order chi connectivity index (χ1) is 13.2. The number of unbranched alkanes of at least 4 members (excludes halogenated alkanes) is 1. The standard InChI is InChI=1S/C20H19BrN4OS/c1-2-3-12-26-17-10-6-15(7-11-17)19-22-23-20-25(19)24-18(13-27-20)14-4-8-16(21)9-5-14/h4-11,13,24H,2-3,12H2,1H3. The third kappa shape index (κ3) is 4.04. The predicted molar refractivity (Wildman–Crippen MR) is 113 cm³/mol. The lowest BCUT2D eigenvalue weighted by Gasteiger charge is -2.19. The fourth-order valence-corrected chi connectivity index (χ4v) is 3.69.